The van der Waals surface area contributed by atoms with Crippen LogP contribution in [-0.4, -0.2) is 60.4 Å². The molecule has 1 saturated heterocycles. The summed E-state index contributed by atoms with van der Waals surface area (Å²) in [6.45, 7) is 9.98. The standard InChI is InChI=1S/C20H29N3O8Si/c1-20(2,3)32(4,5)31-16-10-17(21-30-13-18(24)25)22(11-16)19(26)29-12-14-6-8-15(9-7-14)23(27)28/h6-9,16H,10-13H2,1-5H3,(H,24,25)/b21-17+. The Kier molecular flexibility index (Phi) is 7.96. The normalized spacial score (nSPS) is 18.0. The lowest BCUT2D eigenvalue weighted by Crippen LogP contribution is -2.44. The number of hydrogen-bond donors (Lipinski definition) is 1. The number of nitrogens with zero attached hydrogens (tertiary/aromatic N) is 3. The number of benzene rings is 1. The van der Waals surface area contributed by atoms with Crippen LogP contribution in [0.5, 0.6) is 0 Å². The van der Waals surface area contributed by atoms with Crippen LogP contribution in [0.25, 0.3) is 0 Å². The number of amidine groups is 1. The van der Waals surface area contributed by atoms with Crippen LogP contribution in [0.3, 0.4) is 0 Å². The number of rotatable bonds is 8. The smallest absolute Gasteiger partial charge is 0.415 e. The predicted octanol–water partition coefficient (Wildman–Crippen LogP) is 3.74. The highest BCUT2D eigenvalue weighted by Crippen LogP contribution is 2.38. The molecule has 1 aliphatic heterocycles. The van der Waals surface area contributed by atoms with E-state index in [1.54, 1.807) is 0 Å². The number of nitro benzene ring substituents is 1. The van der Waals surface area contributed by atoms with Crippen LogP contribution in [0, 0.1) is 10.1 Å². The number of carbonyl (C=O) groups excluding carboxylic acids is 1. The summed E-state index contributed by atoms with van der Waals surface area (Å²) in [5, 5.41) is 23.3. The fourth-order valence-electron chi connectivity index (χ4n) is 2.73. The maximum absolute atomic E-state index is 12.7. The largest absolute Gasteiger partial charge is 0.479 e. The molecule has 0 radical (unpaired) electrons. The van der Waals surface area contributed by atoms with Crippen molar-refractivity contribution in [2.45, 2.75) is 58.0 Å². The molecule has 1 unspecified atom stereocenters. The summed E-state index contributed by atoms with van der Waals surface area (Å²) in [6, 6.07) is 5.66. The first-order valence-electron chi connectivity index (χ1n) is 10.1. The number of oxime groups is 1. The van der Waals surface area contributed by atoms with Crippen LogP contribution in [0.1, 0.15) is 32.8 Å². The molecule has 1 aliphatic rings. The van der Waals surface area contributed by atoms with Crippen molar-refractivity contribution in [1.82, 2.24) is 4.90 Å². The summed E-state index contributed by atoms with van der Waals surface area (Å²) in [7, 11) is -2.12. The van der Waals surface area contributed by atoms with E-state index in [0.29, 0.717) is 5.56 Å². The van der Waals surface area contributed by atoms with Gasteiger partial charge in [0.25, 0.3) is 5.69 Å². The Hall–Kier alpha value is -2.99. The Labute approximate surface area is 187 Å². The van der Waals surface area contributed by atoms with Crippen molar-refractivity contribution in [3.05, 3.63) is 39.9 Å². The molecule has 1 aromatic carbocycles. The van der Waals surface area contributed by atoms with E-state index in [4.69, 9.17) is 19.1 Å². The van der Waals surface area contributed by atoms with Crippen molar-refractivity contribution in [3.8, 4) is 0 Å². The number of nitro groups is 1. The third-order valence-electron chi connectivity index (χ3n) is 5.46. The molecule has 0 saturated carbocycles. The van der Waals surface area contributed by atoms with Crippen LogP contribution in [-0.2, 0) is 25.4 Å². The Balaban J connectivity index is 2.08. The van der Waals surface area contributed by atoms with Gasteiger partial charge in [0.05, 0.1) is 17.6 Å². The van der Waals surface area contributed by atoms with E-state index >= 15 is 0 Å². The minimum Gasteiger partial charge on any atom is -0.479 e. The first-order valence-corrected chi connectivity index (χ1v) is 13.0. The van der Waals surface area contributed by atoms with Gasteiger partial charge in [0.1, 0.15) is 6.61 Å². The fraction of sp³-hybridized carbons (Fsp3) is 0.550. The zero-order chi connectivity index (χ0) is 24.1. The summed E-state index contributed by atoms with van der Waals surface area (Å²) in [6.07, 6.45) is -0.740. The van der Waals surface area contributed by atoms with Crippen molar-refractivity contribution in [2.75, 3.05) is 13.2 Å². The van der Waals surface area contributed by atoms with E-state index in [-0.39, 0.29) is 42.2 Å². The third-order valence-corrected chi connectivity index (χ3v) is 10.00. The molecule has 0 bridgehead atoms. The maximum Gasteiger partial charge on any atom is 0.415 e. The predicted molar refractivity (Wildman–Crippen MR) is 118 cm³/mol. The molecule has 32 heavy (non-hydrogen) atoms. The zero-order valence-corrected chi connectivity index (χ0v) is 19.9. The first kappa shape index (κ1) is 25.3. The van der Waals surface area contributed by atoms with E-state index in [2.05, 4.69) is 39.0 Å². The summed E-state index contributed by atoms with van der Waals surface area (Å²) >= 11 is 0. The molecule has 12 heteroatoms. The van der Waals surface area contributed by atoms with Crippen LogP contribution >= 0.6 is 0 Å². The molecule has 1 heterocycles. The lowest BCUT2D eigenvalue weighted by atomic mass is 10.2. The topological polar surface area (TPSA) is 141 Å². The third kappa shape index (κ3) is 6.75. The lowest BCUT2D eigenvalue weighted by molar-refractivity contribution is -0.384. The van der Waals surface area contributed by atoms with Crippen LogP contribution < -0.4 is 0 Å². The van der Waals surface area contributed by atoms with Gasteiger partial charge in [-0.05, 0) is 35.8 Å². The van der Waals surface area contributed by atoms with Crippen molar-refractivity contribution in [2.24, 2.45) is 5.16 Å². The second kappa shape index (κ2) is 10.1. The van der Waals surface area contributed by atoms with Crippen molar-refractivity contribution < 1.29 is 33.6 Å². The minimum absolute atomic E-state index is 0.0338. The van der Waals surface area contributed by atoms with Gasteiger partial charge in [-0.15, -0.1) is 0 Å². The Morgan fingerprint density at radius 1 is 1.28 bits per heavy atom. The molecular weight excluding hydrogens is 438 g/mol. The number of ether oxygens (including phenoxy) is 1. The van der Waals surface area contributed by atoms with Crippen molar-refractivity contribution >= 4 is 31.9 Å². The van der Waals surface area contributed by atoms with E-state index in [0.717, 1.165) is 0 Å². The molecule has 1 aromatic rings. The zero-order valence-electron chi connectivity index (χ0n) is 18.9. The Bertz CT molecular complexity index is 880. The van der Waals surface area contributed by atoms with Crippen molar-refractivity contribution in [3.63, 3.8) is 0 Å². The Morgan fingerprint density at radius 3 is 2.44 bits per heavy atom. The number of amides is 1. The molecule has 2 rings (SSSR count). The van der Waals surface area contributed by atoms with E-state index in [1.165, 1.54) is 29.2 Å². The van der Waals surface area contributed by atoms with Crippen LogP contribution in [0.2, 0.25) is 18.1 Å². The minimum atomic E-state index is -2.12. The van der Waals surface area contributed by atoms with Gasteiger partial charge in [-0.3, -0.25) is 15.0 Å². The van der Waals surface area contributed by atoms with E-state index in [1.807, 2.05) is 0 Å². The summed E-state index contributed by atoms with van der Waals surface area (Å²) in [5.41, 5.74) is 0.521. The van der Waals surface area contributed by atoms with Gasteiger partial charge in [0, 0.05) is 18.6 Å². The van der Waals surface area contributed by atoms with Gasteiger partial charge in [0.2, 0.25) is 6.61 Å². The number of hydrogen-bond acceptors (Lipinski definition) is 8. The van der Waals surface area contributed by atoms with Gasteiger partial charge in [-0.25, -0.2) is 9.59 Å². The lowest BCUT2D eigenvalue weighted by Gasteiger charge is -2.38. The van der Waals surface area contributed by atoms with Crippen LogP contribution in [0.15, 0.2) is 29.4 Å². The van der Waals surface area contributed by atoms with Crippen LogP contribution in [0.4, 0.5) is 10.5 Å². The highest BCUT2D eigenvalue weighted by atomic mass is 28.4. The highest BCUT2D eigenvalue weighted by Gasteiger charge is 2.43. The molecule has 176 valence electrons. The van der Waals surface area contributed by atoms with Gasteiger partial charge < -0.3 is 19.1 Å². The second-order valence-corrected chi connectivity index (χ2v) is 13.7. The molecule has 1 N–H and O–H groups in total. The average molecular weight is 468 g/mol. The van der Waals surface area contributed by atoms with E-state index in [9.17, 15) is 19.7 Å². The fourth-order valence-corrected chi connectivity index (χ4v) is 4.07. The molecule has 0 aromatic heterocycles. The summed E-state index contributed by atoms with van der Waals surface area (Å²) in [5.74, 6) is -0.961. The van der Waals surface area contributed by atoms with Gasteiger partial charge in [0.15, 0.2) is 14.2 Å². The number of carbonyl (C=O) groups is 2. The first-order chi connectivity index (χ1) is 14.8. The van der Waals surface area contributed by atoms with E-state index < -0.39 is 31.9 Å². The average Bonchev–Trinajstić information content (AvgIpc) is 3.07. The molecule has 0 spiro atoms. The molecule has 0 aliphatic carbocycles. The molecule has 1 atom stereocenters. The molecule has 11 nitrogen and oxygen atoms in total. The molecule has 1 fully saturated rings. The SMILES string of the molecule is CC(C)(C)[Si](C)(C)OC1C/C(=N\OCC(=O)O)N(C(=O)OCc2ccc([N+](=O)[O-])cc2)C1. The second-order valence-electron chi connectivity index (χ2n) is 8.97. The van der Waals surface area contributed by atoms with Gasteiger partial charge in [-0.1, -0.05) is 25.9 Å². The summed E-state index contributed by atoms with van der Waals surface area (Å²) < 4.78 is 11.7. The molecule has 1 amide bonds. The number of likely N-dealkylation sites (tertiary alicyclic amines) is 1. The monoisotopic (exact) mass is 467 g/mol. The van der Waals surface area contributed by atoms with Crippen molar-refractivity contribution in [1.29, 1.82) is 0 Å². The number of carboxylic acid groups (broad SMARTS) is 1. The number of aliphatic carboxylic acids is 1. The van der Waals surface area contributed by atoms with Gasteiger partial charge >= 0.3 is 12.1 Å². The number of carboxylic acids is 1. The molecular formula is C20H29N3O8Si. The summed E-state index contributed by atoms with van der Waals surface area (Å²) in [4.78, 5) is 39.8. The maximum atomic E-state index is 12.7. The Morgan fingerprint density at radius 2 is 1.91 bits per heavy atom. The quantitative estimate of drug-likeness (QED) is 0.346. The highest BCUT2D eigenvalue weighted by molar-refractivity contribution is 6.74. The van der Waals surface area contributed by atoms with Gasteiger partial charge in [-0.2, -0.15) is 0 Å². The number of non-ortho nitro benzene ring substituents is 1.